The predicted octanol–water partition coefficient (Wildman–Crippen LogP) is 1.90. The molecule has 0 bridgehead atoms. The second kappa shape index (κ2) is 3.66. The van der Waals surface area contributed by atoms with Gasteiger partial charge >= 0.3 is 5.97 Å². The van der Waals surface area contributed by atoms with Gasteiger partial charge in [0.05, 0.1) is 16.6 Å². The first-order valence-corrected chi connectivity index (χ1v) is 6.20. The molecule has 0 amide bonds. The van der Waals surface area contributed by atoms with Gasteiger partial charge in [-0.1, -0.05) is 11.3 Å². The van der Waals surface area contributed by atoms with Crippen LogP contribution >= 0.6 is 11.3 Å². The highest BCUT2D eigenvalue weighted by Gasteiger charge is 2.32. The number of fused-ring (bicyclic) bond motifs is 1. The summed E-state index contributed by atoms with van der Waals surface area (Å²) in [5.74, 6) is 0.0120. The van der Waals surface area contributed by atoms with Crippen molar-refractivity contribution in [2.45, 2.75) is 19.8 Å². The first kappa shape index (κ1) is 10.5. The Kier molecular flexibility index (Phi) is 2.25. The van der Waals surface area contributed by atoms with Crippen molar-refractivity contribution < 1.29 is 9.53 Å². The fourth-order valence-corrected chi connectivity index (χ4v) is 2.31. The van der Waals surface area contributed by atoms with E-state index in [1.165, 1.54) is 11.3 Å². The molecule has 1 saturated carbocycles. The highest BCUT2D eigenvalue weighted by Crippen LogP contribution is 2.33. The highest BCUT2D eigenvalue weighted by molar-refractivity contribution is 7.18. The molecule has 88 valence electrons. The summed E-state index contributed by atoms with van der Waals surface area (Å²) in [7, 11) is 0. The number of rotatable bonds is 2. The van der Waals surface area contributed by atoms with Crippen molar-refractivity contribution in [2.75, 3.05) is 5.73 Å². The molecule has 2 N–H and O–H groups in total. The normalized spacial score (nSPS) is 15.1. The van der Waals surface area contributed by atoms with Crippen LogP contribution in [0.15, 0.2) is 6.07 Å². The summed E-state index contributed by atoms with van der Waals surface area (Å²) in [6.45, 7) is 1.90. The Bertz CT molecular complexity index is 604. The molecule has 0 atom stereocenters. The number of carbonyl (C=O) groups is 1. The summed E-state index contributed by atoms with van der Waals surface area (Å²) < 4.78 is 5.19. The van der Waals surface area contributed by atoms with Gasteiger partial charge in [-0.05, 0) is 25.8 Å². The number of ether oxygens (including phenoxy) is 1. The highest BCUT2D eigenvalue weighted by atomic mass is 32.1. The van der Waals surface area contributed by atoms with Crippen LogP contribution in [0, 0.1) is 12.8 Å². The van der Waals surface area contributed by atoms with Crippen LogP contribution in [-0.4, -0.2) is 15.9 Å². The van der Waals surface area contributed by atoms with Crippen LogP contribution in [0.5, 0.6) is 5.88 Å². The van der Waals surface area contributed by atoms with Crippen LogP contribution in [0.3, 0.4) is 0 Å². The van der Waals surface area contributed by atoms with Crippen LogP contribution in [-0.2, 0) is 4.79 Å². The number of carbonyl (C=O) groups excluding carboxylic acids is 1. The number of nitrogens with zero attached hydrogens (tertiary/aromatic N) is 2. The lowest BCUT2D eigenvalue weighted by Gasteiger charge is -2.04. The molecule has 17 heavy (non-hydrogen) atoms. The molecule has 1 aliphatic rings. The minimum atomic E-state index is -0.232. The standard InChI is InChI=1S/C11H11N3O2S/c1-5-13-8-4-7(12)9(14-10(8)17-5)16-11(15)6-2-3-6/h4,6H,2-3,12H2,1H3. The van der Waals surface area contributed by atoms with Crippen molar-refractivity contribution in [1.82, 2.24) is 9.97 Å². The van der Waals surface area contributed by atoms with E-state index in [2.05, 4.69) is 9.97 Å². The average molecular weight is 249 g/mol. The Morgan fingerprint density at radius 1 is 1.53 bits per heavy atom. The Hall–Kier alpha value is -1.69. The van der Waals surface area contributed by atoms with Crippen LogP contribution in [0.2, 0.25) is 0 Å². The van der Waals surface area contributed by atoms with Crippen LogP contribution in [0.1, 0.15) is 17.8 Å². The molecule has 2 heterocycles. The zero-order chi connectivity index (χ0) is 12.0. The smallest absolute Gasteiger partial charge is 0.315 e. The van der Waals surface area contributed by atoms with Gasteiger partial charge in [0.1, 0.15) is 10.3 Å². The van der Waals surface area contributed by atoms with Gasteiger partial charge in [0.2, 0.25) is 5.88 Å². The van der Waals surface area contributed by atoms with Crippen molar-refractivity contribution >= 4 is 33.3 Å². The topological polar surface area (TPSA) is 78.1 Å². The van der Waals surface area contributed by atoms with Crippen molar-refractivity contribution in [2.24, 2.45) is 5.92 Å². The fourth-order valence-electron chi connectivity index (χ4n) is 1.55. The van der Waals surface area contributed by atoms with Gasteiger partial charge in [0.25, 0.3) is 0 Å². The van der Waals surface area contributed by atoms with E-state index in [4.69, 9.17) is 10.5 Å². The van der Waals surface area contributed by atoms with Gasteiger partial charge in [0.15, 0.2) is 0 Å². The lowest BCUT2D eigenvalue weighted by Crippen LogP contribution is -2.12. The third kappa shape index (κ3) is 1.95. The molecule has 0 radical (unpaired) electrons. The van der Waals surface area contributed by atoms with Crippen molar-refractivity contribution in [3.05, 3.63) is 11.1 Å². The fraction of sp³-hybridized carbons (Fsp3) is 0.364. The summed E-state index contributed by atoms with van der Waals surface area (Å²) in [5.41, 5.74) is 6.89. The number of nitrogen functional groups attached to an aromatic ring is 1. The minimum Gasteiger partial charge on any atom is -0.405 e. The molecule has 6 heteroatoms. The molecule has 1 aliphatic carbocycles. The van der Waals surface area contributed by atoms with Gasteiger partial charge in [0, 0.05) is 0 Å². The maximum absolute atomic E-state index is 11.5. The zero-order valence-corrected chi connectivity index (χ0v) is 10.1. The van der Waals surface area contributed by atoms with Gasteiger partial charge in [-0.15, -0.1) is 0 Å². The largest absolute Gasteiger partial charge is 0.405 e. The van der Waals surface area contributed by atoms with Crippen LogP contribution in [0.25, 0.3) is 10.3 Å². The van der Waals surface area contributed by atoms with E-state index < -0.39 is 0 Å². The minimum absolute atomic E-state index is 0.0371. The van der Waals surface area contributed by atoms with E-state index in [0.717, 1.165) is 28.2 Å². The van der Waals surface area contributed by atoms with E-state index in [0.29, 0.717) is 5.69 Å². The number of nitrogens with two attached hydrogens (primary N) is 1. The van der Waals surface area contributed by atoms with E-state index in [9.17, 15) is 4.79 Å². The maximum Gasteiger partial charge on any atom is 0.315 e. The number of hydrogen-bond acceptors (Lipinski definition) is 6. The molecule has 2 aromatic heterocycles. The Balaban J connectivity index is 1.97. The summed E-state index contributed by atoms with van der Waals surface area (Å²) in [4.78, 5) is 20.8. The van der Waals surface area contributed by atoms with Crippen LogP contribution < -0.4 is 10.5 Å². The first-order valence-electron chi connectivity index (χ1n) is 5.39. The van der Waals surface area contributed by atoms with E-state index >= 15 is 0 Å². The van der Waals surface area contributed by atoms with Gasteiger partial charge in [-0.3, -0.25) is 4.79 Å². The Morgan fingerprint density at radius 2 is 2.29 bits per heavy atom. The molecule has 0 unspecified atom stereocenters. The van der Waals surface area contributed by atoms with E-state index in [1.54, 1.807) is 6.07 Å². The van der Waals surface area contributed by atoms with Crippen molar-refractivity contribution in [1.29, 1.82) is 0 Å². The number of aryl methyl sites for hydroxylation is 1. The summed E-state index contributed by atoms with van der Waals surface area (Å²) in [6, 6.07) is 1.70. The summed E-state index contributed by atoms with van der Waals surface area (Å²) in [5, 5.41) is 0.914. The third-order valence-electron chi connectivity index (χ3n) is 2.59. The molecule has 0 saturated heterocycles. The molecule has 0 spiro atoms. The number of pyridine rings is 1. The third-order valence-corrected chi connectivity index (χ3v) is 3.47. The monoisotopic (exact) mass is 249 g/mol. The lowest BCUT2D eigenvalue weighted by molar-refractivity contribution is -0.135. The predicted molar refractivity (Wildman–Crippen MR) is 64.9 cm³/mol. The Morgan fingerprint density at radius 3 is 3.00 bits per heavy atom. The summed E-state index contributed by atoms with van der Waals surface area (Å²) >= 11 is 1.46. The summed E-state index contributed by atoms with van der Waals surface area (Å²) in [6.07, 6.45) is 1.81. The number of anilines is 1. The van der Waals surface area contributed by atoms with Crippen LogP contribution in [0.4, 0.5) is 5.69 Å². The lowest BCUT2D eigenvalue weighted by atomic mass is 10.4. The van der Waals surface area contributed by atoms with Gasteiger partial charge < -0.3 is 10.5 Å². The van der Waals surface area contributed by atoms with E-state index in [1.807, 2.05) is 6.92 Å². The van der Waals surface area contributed by atoms with Gasteiger partial charge in [-0.2, -0.15) is 4.98 Å². The molecule has 3 rings (SSSR count). The molecular weight excluding hydrogens is 238 g/mol. The SMILES string of the molecule is Cc1nc2cc(N)c(OC(=O)C3CC3)nc2s1. The van der Waals surface area contributed by atoms with Crippen molar-refractivity contribution in [3.8, 4) is 5.88 Å². The molecule has 2 aromatic rings. The number of thiazole rings is 1. The molecule has 5 nitrogen and oxygen atoms in total. The molecular formula is C11H11N3O2S. The average Bonchev–Trinajstić information content (AvgIpc) is 3.03. The van der Waals surface area contributed by atoms with Gasteiger partial charge in [-0.25, -0.2) is 4.98 Å². The quantitative estimate of drug-likeness (QED) is 0.822. The number of esters is 1. The molecule has 1 fully saturated rings. The second-order valence-corrected chi connectivity index (χ2v) is 5.32. The number of hydrogen-bond donors (Lipinski definition) is 1. The van der Waals surface area contributed by atoms with E-state index in [-0.39, 0.29) is 17.8 Å². The molecule has 0 aromatic carbocycles. The second-order valence-electron chi connectivity index (χ2n) is 4.14. The maximum atomic E-state index is 11.5. The number of aromatic nitrogens is 2. The Labute approximate surface area is 102 Å². The molecule has 0 aliphatic heterocycles. The zero-order valence-electron chi connectivity index (χ0n) is 9.27. The van der Waals surface area contributed by atoms with Crippen molar-refractivity contribution in [3.63, 3.8) is 0 Å². The first-order chi connectivity index (χ1) is 8.13.